The van der Waals surface area contributed by atoms with E-state index in [1.54, 1.807) is 12.1 Å². The van der Waals surface area contributed by atoms with Crippen LogP contribution in [0.2, 0.25) is 0 Å². The molecule has 1 N–H and O–H groups in total. The van der Waals surface area contributed by atoms with Gasteiger partial charge in [0.25, 0.3) is 5.91 Å². The second-order valence-electron chi connectivity index (χ2n) is 4.58. The van der Waals surface area contributed by atoms with E-state index in [4.69, 9.17) is 9.15 Å². The Morgan fingerprint density at radius 1 is 1.25 bits per heavy atom. The van der Waals surface area contributed by atoms with Gasteiger partial charge < -0.3 is 14.5 Å². The van der Waals surface area contributed by atoms with Gasteiger partial charge in [-0.1, -0.05) is 25.1 Å². The fourth-order valence-electron chi connectivity index (χ4n) is 1.77. The topological polar surface area (TPSA) is 51.5 Å². The Hall–Kier alpha value is -2.23. The standard InChI is InChI=1S/C16H19NO3/c1-3-10-17-16(18)15-9-8-13(20-15)11-19-14-7-5-4-6-12(14)2/h4-9H,3,10-11H2,1-2H3,(H,17,18). The maximum Gasteiger partial charge on any atom is 0.286 e. The maximum atomic E-state index is 11.7. The van der Waals surface area contributed by atoms with Gasteiger partial charge in [0.05, 0.1) is 0 Å². The monoisotopic (exact) mass is 273 g/mol. The number of aryl methyl sites for hydroxylation is 1. The van der Waals surface area contributed by atoms with Gasteiger partial charge in [-0.15, -0.1) is 0 Å². The molecule has 2 rings (SSSR count). The first-order valence-corrected chi connectivity index (χ1v) is 6.76. The van der Waals surface area contributed by atoms with Crippen molar-refractivity contribution in [2.45, 2.75) is 26.9 Å². The molecule has 0 unspecified atom stereocenters. The number of carbonyl (C=O) groups excluding carboxylic acids is 1. The molecule has 0 bridgehead atoms. The van der Waals surface area contributed by atoms with Gasteiger partial charge in [-0.05, 0) is 37.1 Å². The fraction of sp³-hybridized carbons (Fsp3) is 0.312. The van der Waals surface area contributed by atoms with E-state index in [2.05, 4.69) is 5.32 Å². The summed E-state index contributed by atoms with van der Waals surface area (Å²) in [5.74, 6) is 1.59. The predicted octanol–water partition coefficient (Wildman–Crippen LogP) is 3.31. The summed E-state index contributed by atoms with van der Waals surface area (Å²) < 4.78 is 11.1. The molecule has 0 radical (unpaired) electrons. The molecule has 0 saturated carbocycles. The molecule has 0 aliphatic carbocycles. The molecular weight excluding hydrogens is 254 g/mol. The summed E-state index contributed by atoms with van der Waals surface area (Å²) in [7, 11) is 0. The van der Waals surface area contributed by atoms with Gasteiger partial charge in [0.2, 0.25) is 0 Å². The van der Waals surface area contributed by atoms with Crippen LogP contribution in [0.5, 0.6) is 5.75 Å². The Morgan fingerprint density at radius 3 is 2.80 bits per heavy atom. The first-order valence-electron chi connectivity index (χ1n) is 6.76. The molecule has 0 spiro atoms. The summed E-state index contributed by atoms with van der Waals surface area (Å²) in [5, 5.41) is 2.77. The SMILES string of the molecule is CCCNC(=O)c1ccc(COc2ccccc2C)o1. The third-order valence-electron chi connectivity index (χ3n) is 2.88. The normalized spacial score (nSPS) is 10.3. The highest BCUT2D eigenvalue weighted by Gasteiger charge is 2.10. The molecule has 20 heavy (non-hydrogen) atoms. The van der Waals surface area contributed by atoms with Gasteiger partial charge in [0, 0.05) is 6.54 Å². The van der Waals surface area contributed by atoms with Crippen molar-refractivity contribution in [1.82, 2.24) is 5.32 Å². The lowest BCUT2D eigenvalue weighted by molar-refractivity contribution is 0.0922. The predicted molar refractivity (Wildman–Crippen MR) is 76.8 cm³/mol. The number of ether oxygens (including phenoxy) is 1. The third-order valence-corrected chi connectivity index (χ3v) is 2.88. The number of furan rings is 1. The van der Waals surface area contributed by atoms with E-state index in [1.807, 2.05) is 38.1 Å². The van der Waals surface area contributed by atoms with Gasteiger partial charge in [-0.3, -0.25) is 4.79 Å². The summed E-state index contributed by atoms with van der Waals surface area (Å²) in [6.45, 7) is 4.95. The lowest BCUT2D eigenvalue weighted by Gasteiger charge is -2.06. The minimum atomic E-state index is -0.186. The van der Waals surface area contributed by atoms with Crippen LogP contribution in [-0.2, 0) is 6.61 Å². The molecular formula is C16H19NO3. The second kappa shape index (κ2) is 6.80. The molecule has 0 aliphatic heterocycles. The molecule has 1 aromatic heterocycles. The quantitative estimate of drug-likeness (QED) is 0.878. The van der Waals surface area contributed by atoms with Crippen molar-refractivity contribution in [3.8, 4) is 5.75 Å². The van der Waals surface area contributed by atoms with Gasteiger partial charge in [-0.2, -0.15) is 0 Å². The highest BCUT2D eigenvalue weighted by atomic mass is 16.5. The van der Waals surface area contributed by atoms with E-state index in [-0.39, 0.29) is 5.91 Å². The van der Waals surface area contributed by atoms with Crippen LogP contribution in [0.1, 0.15) is 35.2 Å². The molecule has 2 aromatic rings. The van der Waals surface area contributed by atoms with E-state index in [0.29, 0.717) is 24.7 Å². The van der Waals surface area contributed by atoms with Crippen LogP contribution in [0.4, 0.5) is 0 Å². The van der Waals surface area contributed by atoms with Crippen molar-refractivity contribution in [2.24, 2.45) is 0 Å². The average molecular weight is 273 g/mol. The highest BCUT2D eigenvalue weighted by Crippen LogP contribution is 2.18. The molecule has 0 fully saturated rings. The number of rotatable bonds is 6. The zero-order valence-corrected chi connectivity index (χ0v) is 11.8. The Labute approximate surface area is 118 Å². The van der Waals surface area contributed by atoms with Crippen molar-refractivity contribution in [3.05, 3.63) is 53.5 Å². The smallest absolute Gasteiger partial charge is 0.286 e. The summed E-state index contributed by atoms with van der Waals surface area (Å²) in [4.78, 5) is 11.7. The zero-order chi connectivity index (χ0) is 14.4. The number of hydrogen-bond donors (Lipinski definition) is 1. The lowest BCUT2D eigenvalue weighted by atomic mass is 10.2. The van der Waals surface area contributed by atoms with E-state index >= 15 is 0 Å². The lowest BCUT2D eigenvalue weighted by Crippen LogP contribution is -2.23. The van der Waals surface area contributed by atoms with Gasteiger partial charge in [-0.25, -0.2) is 0 Å². The number of hydrogen-bond acceptors (Lipinski definition) is 3. The minimum Gasteiger partial charge on any atom is -0.485 e. The number of para-hydroxylation sites is 1. The van der Waals surface area contributed by atoms with Gasteiger partial charge in [0.1, 0.15) is 18.1 Å². The van der Waals surface area contributed by atoms with Crippen LogP contribution in [0.15, 0.2) is 40.8 Å². The molecule has 4 heteroatoms. The average Bonchev–Trinajstić information content (AvgIpc) is 2.93. The number of carbonyl (C=O) groups is 1. The van der Waals surface area contributed by atoms with Crippen molar-refractivity contribution < 1.29 is 13.9 Å². The van der Waals surface area contributed by atoms with E-state index < -0.39 is 0 Å². The summed E-state index contributed by atoms with van der Waals surface area (Å²) >= 11 is 0. The van der Waals surface area contributed by atoms with Crippen LogP contribution in [0, 0.1) is 6.92 Å². The van der Waals surface area contributed by atoms with E-state index in [0.717, 1.165) is 17.7 Å². The molecule has 1 amide bonds. The molecule has 0 saturated heterocycles. The summed E-state index contributed by atoms with van der Waals surface area (Å²) in [6.07, 6.45) is 0.899. The molecule has 0 aliphatic rings. The van der Waals surface area contributed by atoms with E-state index in [9.17, 15) is 4.79 Å². The van der Waals surface area contributed by atoms with Gasteiger partial charge in [0.15, 0.2) is 5.76 Å². The van der Waals surface area contributed by atoms with Crippen LogP contribution < -0.4 is 10.1 Å². The van der Waals surface area contributed by atoms with Crippen molar-refractivity contribution in [2.75, 3.05) is 6.54 Å². The number of amides is 1. The molecule has 1 aromatic carbocycles. The van der Waals surface area contributed by atoms with Crippen molar-refractivity contribution in [1.29, 1.82) is 0 Å². The Bertz CT molecular complexity index is 575. The van der Waals surface area contributed by atoms with Gasteiger partial charge >= 0.3 is 0 Å². The van der Waals surface area contributed by atoms with E-state index in [1.165, 1.54) is 0 Å². The largest absolute Gasteiger partial charge is 0.485 e. The summed E-state index contributed by atoms with van der Waals surface area (Å²) in [5.41, 5.74) is 1.07. The Kier molecular flexibility index (Phi) is 4.82. The first-order chi connectivity index (χ1) is 9.70. The van der Waals surface area contributed by atoms with Crippen molar-refractivity contribution in [3.63, 3.8) is 0 Å². The molecule has 106 valence electrons. The fourth-order valence-corrected chi connectivity index (χ4v) is 1.77. The molecule has 4 nitrogen and oxygen atoms in total. The Balaban J connectivity index is 1.93. The first kappa shape index (κ1) is 14.2. The summed E-state index contributed by atoms with van der Waals surface area (Å²) in [6, 6.07) is 11.2. The Morgan fingerprint density at radius 2 is 2.05 bits per heavy atom. The van der Waals surface area contributed by atoms with Crippen LogP contribution >= 0.6 is 0 Å². The molecule has 1 heterocycles. The highest BCUT2D eigenvalue weighted by molar-refractivity contribution is 5.91. The maximum absolute atomic E-state index is 11.7. The third kappa shape index (κ3) is 3.63. The van der Waals surface area contributed by atoms with Crippen molar-refractivity contribution >= 4 is 5.91 Å². The zero-order valence-electron chi connectivity index (χ0n) is 11.8. The second-order valence-corrected chi connectivity index (χ2v) is 4.58. The molecule has 0 atom stereocenters. The van der Waals surface area contributed by atoms with Crippen LogP contribution in [0.25, 0.3) is 0 Å². The van der Waals surface area contributed by atoms with Crippen LogP contribution in [-0.4, -0.2) is 12.5 Å². The minimum absolute atomic E-state index is 0.186. The number of benzene rings is 1. The number of nitrogens with one attached hydrogen (secondary N) is 1. The van der Waals surface area contributed by atoms with Crippen LogP contribution in [0.3, 0.4) is 0 Å².